The van der Waals surface area contributed by atoms with Crippen molar-refractivity contribution in [3.8, 4) is 0 Å². The Bertz CT molecular complexity index is 514. The van der Waals surface area contributed by atoms with Gasteiger partial charge in [0.15, 0.2) is 0 Å². The molecule has 0 amide bonds. The minimum absolute atomic E-state index is 0.241. The summed E-state index contributed by atoms with van der Waals surface area (Å²) in [4.78, 5) is 10.0. The van der Waals surface area contributed by atoms with E-state index in [0.29, 0.717) is 0 Å². The van der Waals surface area contributed by atoms with Crippen LogP contribution in [0.4, 0.5) is 5.69 Å². The fraction of sp³-hybridized carbons (Fsp3) is 0.308. The maximum absolute atomic E-state index is 5.73. The Balaban J connectivity index is 2.05. The molecule has 2 heterocycles. The van der Waals surface area contributed by atoms with Crippen LogP contribution in [0.25, 0.3) is 0 Å². The van der Waals surface area contributed by atoms with Crippen LogP contribution in [0.3, 0.4) is 0 Å². The number of hydrogen-bond acceptors (Lipinski definition) is 3. The summed E-state index contributed by atoms with van der Waals surface area (Å²) >= 11 is 0. The minimum atomic E-state index is 0.241. The van der Waals surface area contributed by atoms with Crippen LogP contribution in [0.2, 0.25) is 0 Å². The zero-order valence-electron chi connectivity index (χ0n) is 9.85. The molecule has 0 bridgehead atoms. The van der Waals surface area contributed by atoms with Crippen molar-refractivity contribution in [1.82, 2.24) is 14.9 Å². The van der Waals surface area contributed by atoms with Crippen LogP contribution in [0.1, 0.15) is 23.0 Å². The largest absolute Gasteiger partial charge is 0.399 e. The zero-order valence-corrected chi connectivity index (χ0v) is 9.85. The van der Waals surface area contributed by atoms with Gasteiger partial charge in [-0.05, 0) is 24.7 Å². The number of likely N-dealkylation sites (N-methyl/N-ethyl adjacent to an activating group) is 1. The van der Waals surface area contributed by atoms with Crippen molar-refractivity contribution >= 4 is 5.69 Å². The summed E-state index contributed by atoms with van der Waals surface area (Å²) in [7, 11) is 2.14. The maximum atomic E-state index is 5.73. The topological polar surface area (TPSA) is 57.9 Å². The van der Waals surface area contributed by atoms with Gasteiger partial charge in [0.25, 0.3) is 0 Å². The molecule has 1 unspecified atom stereocenters. The molecular formula is C13H16N4. The molecule has 0 saturated heterocycles. The lowest BCUT2D eigenvalue weighted by Crippen LogP contribution is -2.32. The van der Waals surface area contributed by atoms with Crippen LogP contribution in [0, 0.1) is 0 Å². The van der Waals surface area contributed by atoms with E-state index in [1.54, 1.807) is 6.33 Å². The molecule has 17 heavy (non-hydrogen) atoms. The van der Waals surface area contributed by atoms with Crippen LogP contribution in [-0.4, -0.2) is 28.5 Å². The molecule has 88 valence electrons. The summed E-state index contributed by atoms with van der Waals surface area (Å²) in [6.07, 6.45) is 2.82. The van der Waals surface area contributed by atoms with Crippen molar-refractivity contribution in [2.24, 2.45) is 0 Å². The lowest BCUT2D eigenvalue weighted by Gasteiger charge is -2.32. The van der Waals surface area contributed by atoms with Crippen molar-refractivity contribution in [1.29, 1.82) is 0 Å². The van der Waals surface area contributed by atoms with E-state index in [9.17, 15) is 0 Å². The van der Waals surface area contributed by atoms with Gasteiger partial charge in [-0.15, -0.1) is 0 Å². The van der Waals surface area contributed by atoms with Crippen LogP contribution < -0.4 is 5.73 Å². The first-order chi connectivity index (χ1) is 8.25. The Hall–Kier alpha value is -1.81. The molecular weight excluding hydrogens is 212 g/mol. The third kappa shape index (κ3) is 1.70. The Morgan fingerprint density at radius 3 is 2.88 bits per heavy atom. The molecule has 4 nitrogen and oxygen atoms in total. The molecule has 0 spiro atoms. The lowest BCUT2D eigenvalue weighted by molar-refractivity contribution is 0.259. The number of anilines is 1. The monoisotopic (exact) mass is 228 g/mol. The number of nitrogens with zero attached hydrogens (tertiary/aromatic N) is 2. The van der Waals surface area contributed by atoms with E-state index >= 15 is 0 Å². The van der Waals surface area contributed by atoms with E-state index in [1.807, 2.05) is 12.1 Å². The Morgan fingerprint density at radius 2 is 2.12 bits per heavy atom. The molecule has 0 saturated carbocycles. The normalized spacial score (nSPS) is 20.2. The number of fused-ring (bicyclic) bond motifs is 1. The third-order valence-electron chi connectivity index (χ3n) is 3.42. The number of hydrogen-bond donors (Lipinski definition) is 2. The predicted octanol–water partition coefficient (Wildman–Crippen LogP) is 1.57. The first kappa shape index (κ1) is 10.4. The lowest BCUT2D eigenvalue weighted by atomic mass is 9.96. The molecule has 2 aromatic rings. The number of aromatic nitrogens is 2. The number of aromatic amines is 1. The maximum Gasteiger partial charge on any atom is 0.0926 e. The van der Waals surface area contributed by atoms with Crippen LogP contribution in [0.15, 0.2) is 30.6 Å². The number of H-pyrrole nitrogens is 1. The molecule has 1 aliphatic rings. The number of benzene rings is 1. The SMILES string of the molecule is CN1CCc2[nH]cnc2C1c1ccc(N)cc1. The molecule has 1 atom stereocenters. The van der Waals surface area contributed by atoms with Crippen LogP contribution in [-0.2, 0) is 6.42 Å². The van der Waals surface area contributed by atoms with Gasteiger partial charge in [-0.25, -0.2) is 4.98 Å². The van der Waals surface area contributed by atoms with Gasteiger partial charge in [0.05, 0.1) is 18.1 Å². The van der Waals surface area contributed by atoms with E-state index in [1.165, 1.54) is 11.3 Å². The Labute approximate surface area is 100 Å². The smallest absolute Gasteiger partial charge is 0.0926 e. The highest BCUT2D eigenvalue weighted by Gasteiger charge is 2.28. The predicted molar refractivity (Wildman–Crippen MR) is 67.6 cm³/mol. The summed E-state index contributed by atoms with van der Waals surface area (Å²) in [5.74, 6) is 0. The zero-order chi connectivity index (χ0) is 11.8. The second kappa shape index (κ2) is 3.89. The quantitative estimate of drug-likeness (QED) is 0.728. The van der Waals surface area contributed by atoms with Gasteiger partial charge < -0.3 is 10.7 Å². The number of nitrogen functional groups attached to an aromatic ring is 1. The van der Waals surface area contributed by atoms with Gasteiger partial charge >= 0.3 is 0 Å². The molecule has 1 aromatic heterocycles. The van der Waals surface area contributed by atoms with Crippen molar-refractivity contribution in [2.75, 3.05) is 19.3 Å². The molecule has 0 radical (unpaired) electrons. The third-order valence-corrected chi connectivity index (χ3v) is 3.42. The van der Waals surface area contributed by atoms with E-state index < -0.39 is 0 Å². The molecule has 1 aromatic carbocycles. The summed E-state index contributed by atoms with van der Waals surface area (Å²) < 4.78 is 0. The Kier molecular flexibility index (Phi) is 2.37. The van der Waals surface area contributed by atoms with E-state index in [0.717, 1.165) is 24.3 Å². The van der Waals surface area contributed by atoms with E-state index in [-0.39, 0.29) is 6.04 Å². The molecule has 0 fully saturated rings. The van der Waals surface area contributed by atoms with E-state index in [2.05, 4.69) is 34.0 Å². The second-order valence-electron chi connectivity index (χ2n) is 4.57. The molecule has 3 N–H and O–H groups in total. The number of nitrogens with two attached hydrogens (primary N) is 1. The number of imidazole rings is 1. The molecule has 1 aliphatic heterocycles. The number of rotatable bonds is 1. The van der Waals surface area contributed by atoms with Gasteiger partial charge in [-0.2, -0.15) is 0 Å². The van der Waals surface area contributed by atoms with Gasteiger partial charge in [0, 0.05) is 24.3 Å². The van der Waals surface area contributed by atoms with Gasteiger partial charge in [0.2, 0.25) is 0 Å². The average molecular weight is 228 g/mol. The van der Waals surface area contributed by atoms with Gasteiger partial charge in [-0.3, -0.25) is 4.90 Å². The summed E-state index contributed by atoms with van der Waals surface area (Å²) in [5, 5.41) is 0. The first-order valence-electron chi connectivity index (χ1n) is 5.83. The standard InChI is InChI=1S/C13H16N4/c1-17-7-6-11-12(16-8-15-11)13(17)9-2-4-10(14)5-3-9/h2-5,8,13H,6-7,14H2,1H3,(H,15,16). The second-order valence-corrected chi connectivity index (χ2v) is 4.57. The minimum Gasteiger partial charge on any atom is -0.399 e. The first-order valence-corrected chi connectivity index (χ1v) is 5.83. The average Bonchev–Trinajstić information content (AvgIpc) is 2.79. The highest BCUT2D eigenvalue weighted by atomic mass is 15.2. The fourth-order valence-corrected chi connectivity index (χ4v) is 2.48. The van der Waals surface area contributed by atoms with Crippen molar-refractivity contribution < 1.29 is 0 Å². The summed E-state index contributed by atoms with van der Waals surface area (Å²) in [6, 6.07) is 8.31. The summed E-state index contributed by atoms with van der Waals surface area (Å²) in [6.45, 7) is 1.05. The van der Waals surface area contributed by atoms with Crippen molar-refractivity contribution in [2.45, 2.75) is 12.5 Å². The molecule has 3 rings (SSSR count). The molecule has 0 aliphatic carbocycles. The highest BCUT2D eigenvalue weighted by Crippen LogP contribution is 2.32. The van der Waals surface area contributed by atoms with Crippen molar-refractivity contribution in [3.63, 3.8) is 0 Å². The van der Waals surface area contributed by atoms with E-state index in [4.69, 9.17) is 5.73 Å². The number of nitrogens with one attached hydrogen (secondary N) is 1. The molecule has 4 heteroatoms. The van der Waals surface area contributed by atoms with Crippen molar-refractivity contribution in [3.05, 3.63) is 47.5 Å². The Morgan fingerprint density at radius 1 is 1.35 bits per heavy atom. The van der Waals surface area contributed by atoms with Crippen LogP contribution >= 0.6 is 0 Å². The van der Waals surface area contributed by atoms with Gasteiger partial charge in [-0.1, -0.05) is 12.1 Å². The van der Waals surface area contributed by atoms with Gasteiger partial charge in [0.1, 0.15) is 0 Å². The van der Waals surface area contributed by atoms with Crippen LogP contribution in [0.5, 0.6) is 0 Å². The summed E-state index contributed by atoms with van der Waals surface area (Å²) in [5.41, 5.74) is 10.2. The highest BCUT2D eigenvalue weighted by molar-refractivity contribution is 5.42. The fourth-order valence-electron chi connectivity index (χ4n) is 2.48.